The minimum Gasteiger partial charge on any atom is -0.469 e. The van der Waals surface area contributed by atoms with E-state index in [1.165, 1.54) is 12.1 Å². The van der Waals surface area contributed by atoms with Crippen molar-refractivity contribution in [3.63, 3.8) is 0 Å². The smallest absolute Gasteiger partial charge is 0.310 e. The van der Waals surface area contributed by atoms with E-state index >= 15 is 0 Å². The molecule has 0 aliphatic heterocycles. The molecule has 0 spiro atoms. The molecular weight excluding hydrogens is 288 g/mol. The van der Waals surface area contributed by atoms with Crippen LogP contribution in [0.3, 0.4) is 0 Å². The summed E-state index contributed by atoms with van der Waals surface area (Å²) >= 11 is 1.08. The summed E-state index contributed by atoms with van der Waals surface area (Å²) < 4.78 is 31.9. The number of esters is 1. The number of carbonyl (C=O) groups is 1. The molecule has 5 nitrogen and oxygen atoms in total. The SMILES string of the molecule is COC(=O)Cc1ccc(N=C(NC#N)SC)c(F)c1F. The van der Waals surface area contributed by atoms with Gasteiger partial charge in [0.2, 0.25) is 0 Å². The Kier molecular flexibility index (Phi) is 5.93. The molecule has 0 heterocycles. The second-order valence-corrected chi connectivity index (χ2v) is 4.28. The van der Waals surface area contributed by atoms with E-state index in [9.17, 15) is 13.6 Å². The molecule has 8 heteroatoms. The summed E-state index contributed by atoms with van der Waals surface area (Å²) in [5, 5.41) is 10.8. The van der Waals surface area contributed by atoms with Crippen molar-refractivity contribution in [2.45, 2.75) is 6.42 Å². The van der Waals surface area contributed by atoms with Crippen LogP contribution in [-0.4, -0.2) is 24.5 Å². The number of carbonyl (C=O) groups excluding carboxylic acids is 1. The van der Waals surface area contributed by atoms with Crippen LogP contribution in [0.25, 0.3) is 0 Å². The number of nitrogens with one attached hydrogen (secondary N) is 1. The van der Waals surface area contributed by atoms with Gasteiger partial charge in [-0.3, -0.25) is 10.1 Å². The lowest BCUT2D eigenvalue weighted by molar-refractivity contribution is -0.139. The third-order valence-electron chi connectivity index (χ3n) is 2.28. The summed E-state index contributed by atoms with van der Waals surface area (Å²) in [4.78, 5) is 14.8. The van der Waals surface area contributed by atoms with Crippen molar-refractivity contribution in [1.29, 1.82) is 5.26 Å². The van der Waals surface area contributed by atoms with Gasteiger partial charge in [0.15, 0.2) is 23.0 Å². The second-order valence-electron chi connectivity index (χ2n) is 3.48. The zero-order chi connectivity index (χ0) is 15.1. The molecule has 0 radical (unpaired) electrons. The Morgan fingerprint density at radius 3 is 2.75 bits per heavy atom. The fourth-order valence-electron chi connectivity index (χ4n) is 1.31. The van der Waals surface area contributed by atoms with Gasteiger partial charge >= 0.3 is 5.97 Å². The van der Waals surface area contributed by atoms with E-state index in [4.69, 9.17) is 5.26 Å². The Morgan fingerprint density at radius 1 is 1.50 bits per heavy atom. The first-order valence-electron chi connectivity index (χ1n) is 5.35. The number of benzene rings is 1. The van der Waals surface area contributed by atoms with E-state index in [1.807, 2.05) is 0 Å². The van der Waals surface area contributed by atoms with Crippen molar-refractivity contribution in [3.05, 3.63) is 29.3 Å². The molecule has 1 rings (SSSR count). The highest BCUT2D eigenvalue weighted by Gasteiger charge is 2.16. The molecule has 0 saturated heterocycles. The molecule has 0 unspecified atom stereocenters. The first-order chi connectivity index (χ1) is 9.53. The number of hydrogen-bond donors (Lipinski definition) is 1. The van der Waals surface area contributed by atoms with E-state index in [-0.39, 0.29) is 22.8 Å². The lowest BCUT2D eigenvalue weighted by Crippen LogP contribution is -2.13. The van der Waals surface area contributed by atoms with E-state index in [0.717, 1.165) is 18.9 Å². The van der Waals surface area contributed by atoms with Crippen molar-refractivity contribution in [3.8, 4) is 6.19 Å². The van der Waals surface area contributed by atoms with Gasteiger partial charge in [-0.15, -0.1) is 0 Å². The number of nitriles is 1. The normalized spacial score (nSPS) is 10.8. The quantitative estimate of drug-likeness (QED) is 0.304. The third-order valence-corrected chi connectivity index (χ3v) is 2.86. The molecule has 1 N–H and O–H groups in total. The molecule has 0 aliphatic rings. The van der Waals surface area contributed by atoms with Gasteiger partial charge in [-0.05, 0) is 12.3 Å². The summed E-state index contributed by atoms with van der Waals surface area (Å²) in [6.07, 6.45) is 2.90. The lowest BCUT2D eigenvalue weighted by Gasteiger charge is -2.06. The van der Waals surface area contributed by atoms with E-state index in [1.54, 1.807) is 12.4 Å². The fraction of sp³-hybridized carbons (Fsp3) is 0.250. The van der Waals surface area contributed by atoms with Crippen LogP contribution in [0.2, 0.25) is 0 Å². The van der Waals surface area contributed by atoms with E-state index in [2.05, 4.69) is 15.0 Å². The highest BCUT2D eigenvalue weighted by atomic mass is 32.2. The maximum Gasteiger partial charge on any atom is 0.310 e. The molecule has 0 aliphatic carbocycles. The maximum atomic E-state index is 13.8. The van der Waals surface area contributed by atoms with Crippen molar-refractivity contribution < 1.29 is 18.3 Å². The Morgan fingerprint density at radius 2 is 2.20 bits per heavy atom. The Balaban J connectivity index is 3.12. The van der Waals surface area contributed by atoms with Gasteiger partial charge in [-0.2, -0.15) is 5.26 Å². The number of hydrogen-bond acceptors (Lipinski definition) is 5. The number of thioether (sulfide) groups is 1. The van der Waals surface area contributed by atoms with Crippen LogP contribution in [0.4, 0.5) is 14.5 Å². The van der Waals surface area contributed by atoms with Gasteiger partial charge in [0.05, 0.1) is 13.5 Å². The Hall–Kier alpha value is -2.14. The first-order valence-corrected chi connectivity index (χ1v) is 6.57. The van der Waals surface area contributed by atoms with Crippen LogP contribution in [0.1, 0.15) is 5.56 Å². The molecule has 0 amide bonds. The standard InChI is InChI=1S/C12H11F2N3O2S/c1-19-9(18)5-7-3-4-8(11(14)10(7)13)17-12(20-2)16-6-15/h3-4H,5H2,1-2H3,(H,16,17). The maximum absolute atomic E-state index is 13.8. The van der Waals surface area contributed by atoms with Gasteiger partial charge < -0.3 is 4.74 Å². The molecule has 0 aromatic heterocycles. The first kappa shape index (κ1) is 15.9. The molecule has 0 fully saturated rings. The van der Waals surface area contributed by atoms with E-state index in [0.29, 0.717) is 0 Å². The topological polar surface area (TPSA) is 74.5 Å². The fourth-order valence-corrected chi connectivity index (χ4v) is 1.65. The number of halogens is 2. The second kappa shape index (κ2) is 7.45. The van der Waals surface area contributed by atoms with Gasteiger partial charge in [-0.1, -0.05) is 17.8 Å². The predicted octanol–water partition coefficient (Wildman–Crippen LogP) is 2.10. The summed E-state index contributed by atoms with van der Waals surface area (Å²) in [5.74, 6) is -3.01. The number of rotatable bonds is 3. The minimum absolute atomic E-state index is 0.118. The van der Waals surface area contributed by atoms with Crippen molar-refractivity contribution >= 4 is 28.6 Å². The number of amidine groups is 1. The average molecular weight is 299 g/mol. The van der Waals surface area contributed by atoms with Crippen LogP contribution in [0, 0.1) is 23.1 Å². The van der Waals surface area contributed by atoms with Gasteiger partial charge in [0.1, 0.15) is 5.69 Å². The van der Waals surface area contributed by atoms with Crippen molar-refractivity contribution in [1.82, 2.24) is 5.32 Å². The van der Waals surface area contributed by atoms with Gasteiger partial charge in [0, 0.05) is 5.56 Å². The van der Waals surface area contributed by atoms with Gasteiger partial charge in [-0.25, -0.2) is 13.8 Å². The number of aliphatic imine (C=N–C) groups is 1. The van der Waals surface area contributed by atoms with E-state index < -0.39 is 17.6 Å². The zero-order valence-corrected chi connectivity index (χ0v) is 11.6. The molecule has 106 valence electrons. The number of methoxy groups -OCH3 is 1. The van der Waals surface area contributed by atoms with Crippen LogP contribution >= 0.6 is 11.8 Å². The predicted molar refractivity (Wildman–Crippen MR) is 71.4 cm³/mol. The molecule has 0 saturated carbocycles. The monoisotopic (exact) mass is 299 g/mol. The minimum atomic E-state index is -1.18. The van der Waals surface area contributed by atoms with Crippen LogP contribution < -0.4 is 5.32 Å². The lowest BCUT2D eigenvalue weighted by atomic mass is 10.1. The summed E-state index contributed by atoms with van der Waals surface area (Å²) in [7, 11) is 1.16. The summed E-state index contributed by atoms with van der Waals surface area (Å²) in [5.41, 5.74) is -0.379. The molecule has 0 bridgehead atoms. The third kappa shape index (κ3) is 3.93. The van der Waals surface area contributed by atoms with Crippen molar-refractivity contribution in [2.75, 3.05) is 13.4 Å². The van der Waals surface area contributed by atoms with Gasteiger partial charge in [0.25, 0.3) is 0 Å². The molecule has 1 aromatic carbocycles. The molecular formula is C12H11F2N3O2S. The number of nitrogens with zero attached hydrogens (tertiary/aromatic N) is 2. The summed E-state index contributed by atoms with van der Waals surface area (Å²) in [6.45, 7) is 0. The zero-order valence-electron chi connectivity index (χ0n) is 10.7. The highest BCUT2D eigenvalue weighted by Crippen LogP contribution is 2.24. The average Bonchev–Trinajstić information content (AvgIpc) is 2.45. The Labute approximate surface area is 118 Å². The van der Waals surface area contributed by atoms with Crippen LogP contribution in [0.15, 0.2) is 17.1 Å². The molecule has 1 aromatic rings. The van der Waals surface area contributed by atoms with Crippen LogP contribution in [-0.2, 0) is 16.0 Å². The largest absolute Gasteiger partial charge is 0.469 e. The van der Waals surface area contributed by atoms with Crippen LogP contribution in [0.5, 0.6) is 0 Å². The molecule has 0 atom stereocenters. The number of ether oxygens (including phenoxy) is 1. The highest BCUT2D eigenvalue weighted by molar-refractivity contribution is 8.13. The Bertz CT molecular complexity index is 585. The summed E-state index contributed by atoms with van der Waals surface area (Å²) in [6, 6.07) is 2.48. The molecule has 20 heavy (non-hydrogen) atoms. The van der Waals surface area contributed by atoms with Crippen molar-refractivity contribution in [2.24, 2.45) is 4.99 Å².